The molecule has 0 unspecified atom stereocenters. The topological polar surface area (TPSA) is 44.8 Å². The fraction of sp³-hybridized carbons (Fsp3) is 0.350. The van der Waals surface area contributed by atoms with Gasteiger partial charge in [-0.05, 0) is 43.7 Å². The molecule has 5 nitrogen and oxygen atoms in total. The second-order valence-corrected chi connectivity index (χ2v) is 5.83. The van der Waals surface area contributed by atoms with Crippen molar-refractivity contribution < 1.29 is 9.53 Å². The molecule has 5 heteroatoms. The molecule has 2 aromatic carbocycles. The largest absolute Gasteiger partial charge is 0.495 e. The highest BCUT2D eigenvalue weighted by Crippen LogP contribution is 2.23. The number of anilines is 2. The zero-order valence-corrected chi connectivity index (χ0v) is 15.5. The van der Waals surface area contributed by atoms with Gasteiger partial charge in [0.15, 0.2) is 0 Å². The van der Waals surface area contributed by atoms with Gasteiger partial charge in [0.25, 0.3) is 0 Å². The summed E-state index contributed by atoms with van der Waals surface area (Å²) in [6.07, 6.45) is 0. The number of hydrogen-bond acceptors (Lipinski definition) is 3. The summed E-state index contributed by atoms with van der Waals surface area (Å²) in [5.74, 6) is 0.646. The van der Waals surface area contributed by atoms with Gasteiger partial charge < -0.3 is 19.9 Å². The van der Waals surface area contributed by atoms with Gasteiger partial charge in [-0.1, -0.05) is 24.3 Å². The Balaban J connectivity index is 1.99. The van der Waals surface area contributed by atoms with E-state index in [1.54, 1.807) is 19.1 Å². The fourth-order valence-electron chi connectivity index (χ4n) is 2.71. The van der Waals surface area contributed by atoms with Crippen LogP contribution in [0.2, 0.25) is 0 Å². The number of methoxy groups -OCH3 is 1. The number of amides is 2. The maximum absolute atomic E-state index is 12.4. The quantitative estimate of drug-likeness (QED) is 0.821. The van der Waals surface area contributed by atoms with E-state index >= 15 is 0 Å². The third kappa shape index (κ3) is 4.89. The fourth-order valence-corrected chi connectivity index (χ4v) is 2.71. The van der Waals surface area contributed by atoms with E-state index < -0.39 is 0 Å². The van der Waals surface area contributed by atoms with Crippen LogP contribution in [0.5, 0.6) is 5.75 Å². The molecule has 0 aliphatic rings. The van der Waals surface area contributed by atoms with E-state index in [-0.39, 0.29) is 6.03 Å². The van der Waals surface area contributed by atoms with Crippen LogP contribution in [-0.2, 0) is 6.54 Å². The van der Waals surface area contributed by atoms with Crippen LogP contribution in [0.15, 0.2) is 48.5 Å². The molecule has 0 bridgehead atoms. The second-order valence-electron chi connectivity index (χ2n) is 5.83. The normalized spacial score (nSPS) is 10.2. The van der Waals surface area contributed by atoms with Gasteiger partial charge in [-0.2, -0.15) is 0 Å². The van der Waals surface area contributed by atoms with Gasteiger partial charge in [0.2, 0.25) is 0 Å². The number of hydrogen-bond donors (Lipinski definition) is 1. The van der Waals surface area contributed by atoms with Gasteiger partial charge in [-0.25, -0.2) is 4.79 Å². The van der Waals surface area contributed by atoms with Crippen molar-refractivity contribution in [3.8, 4) is 5.75 Å². The first-order chi connectivity index (χ1) is 12.1. The maximum Gasteiger partial charge on any atom is 0.321 e. The van der Waals surface area contributed by atoms with Crippen LogP contribution in [0.1, 0.15) is 19.4 Å². The van der Waals surface area contributed by atoms with E-state index in [2.05, 4.69) is 48.3 Å². The number of para-hydroxylation sites is 2. The Hall–Kier alpha value is -2.69. The van der Waals surface area contributed by atoms with Crippen LogP contribution in [0.25, 0.3) is 0 Å². The second kappa shape index (κ2) is 8.97. The Bertz CT molecular complexity index is 682. The molecule has 0 spiro atoms. The molecule has 2 aromatic rings. The Labute approximate surface area is 150 Å². The van der Waals surface area contributed by atoms with Gasteiger partial charge >= 0.3 is 6.03 Å². The minimum Gasteiger partial charge on any atom is -0.495 e. The predicted octanol–water partition coefficient (Wildman–Crippen LogP) is 4.21. The molecule has 0 atom stereocenters. The average Bonchev–Trinajstić information content (AvgIpc) is 2.64. The summed E-state index contributed by atoms with van der Waals surface area (Å²) in [6, 6.07) is 15.6. The van der Waals surface area contributed by atoms with E-state index in [9.17, 15) is 4.79 Å². The summed E-state index contributed by atoms with van der Waals surface area (Å²) in [4.78, 5) is 16.3. The van der Waals surface area contributed by atoms with Crippen LogP contribution in [0.4, 0.5) is 16.2 Å². The van der Waals surface area contributed by atoms with Crippen LogP contribution < -0.4 is 15.0 Å². The van der Waals surface area contributed by atoms with Gasteiger partial charge in [0, 0.05) is 32.4 Å². The number of nitrogens with zero attached hydrogens (tertiary/aromatic N) is 2. The van der Waals surface area contributed by atoms with Crippen molar-refractivity contribution in [2.24, 2.45) is 0 Å². The van der Waals surface area contributed by atoms with Crippen LogP contribution in [-0.4, -0.2) is 38.2 Å². The molecule has 2 rings (SSSR count). The molecule has 0 heterocycles. The van der Waals surface area contributed by atoms with Crippen molar-refractivity contribution in [1.29, 1.82) is 0 Å². The molecule has 0 saturated heterocycles. The van der Waals surface area contributed by atoms with E-state index in [1.165, 1.54) is 5.69 Å². The van der Waals surface area contributed by atoms with Crippen molar-refractivity contribution in [3.63, 3.8) is 0 Å². The Morgan fingerprint density at radius 3 is 2.28 bits per heavy atom. The Morgan fingerprint density at radius 1 is 1.04 bits per heavy atom. The molecular formula is C20H27N3O2. The van der Waals surface area contributed by atoms with Crippen molar-refractivity contribution in [3.05, 3.63) is 54.1 Å². The van der Waals surface area contributed by atoms with E-state index in [0.717, 1.165) is 18.7 Å². The highest BCUT2D eigenvalue weighted by molar-refractivity contribution is 5.90. The third-order valence-corrected chi connectivity index (χ3v) is 4.18. The van der Waals surface area contributed by atoms with Gasteiger partial charge in [0.05, 0.1) is 12.8 Å². The van der Waals surface area contributed by atoms with Crippen molar-refractivity contribution in [2.45, 2.75) is 20.4 Å². The smallest absolute Gasteiger partial charge is 0.321 e. The Morgan fingerprint density at radius 2 is 1.68 bits per heavy atom. The van der Waals surface area contributed by atoms with Crippen molar-refractivity contribution in [2.75, 3.05) is 37.5 Å². The lowest BCUT2D eigenvalue weighted by Gasteiger charge is -2.22. The average molecular weight is 341 g/mol. The SMILES string of the molecule is CCN(CC)c1ccc(CN(C)C(=O)Nc2ccccc2OC)cc1. The molecule has 0 aliphatic carbocycles. The van der Waals surface area contributed by atoms with Crippen LogP contribution >= 0.6 is 0 Å². The minimum absolute atomic E-state index is 0.169. The molecule has 0 aliphatic heterocycles. The summed E-state index contributed by atoms with van der Waals surface area (Å²) in [6.45, 7) is 6.80. The Kier molecular flexibility index (Phi) is 6.69. The number of carbonyl (C=O) groups is 1. The maximum atomic E-state index is 12.4. The van der Waals surface area contributed by atoms with E-state index in [0.29, 0.717) is 18.0 Å². The highest BCUT2D eigenvalue weighted by atomic mass is 16.5. The van der Waals surface area contributed by atoms with Gasteiger partial charge in [-0.3, -0.25) is 0 Å². The molecule has 0 radical (unpaired) electrons. The first kappa shape index (κ1) is 18.6. The monoisotopic (exact) mass is 341 g/mol. The predicted molar refractivity (Wildman–Crippen MR) is 103 cm³/mol. The van der Waals surface area contributed by atoms with E-state index in [1.807, 2.05) is 24.3 Å². The van der Waals surface area contributed by atoms with Crippen LogP contribution in [0, 0.1) is 0 Å². The summed E-state index contributed by atoms with van der Waals surface area (Å²) in [7, 11) is 3.37. The number of benzene rings is 2. The molecule has 25 heavy (non-hydrogen) atoms. The zero-order chi connectivity index (χ0) is 18.2. The molecule has 0 saturated carbocycles. The molecule has 134 valence electrons. The summed E-state index contributed by atoms with van der Waals surface area (Å²) < 4.78 is 5.26. The summed E-state index contributed by atoms with van der Waals surface area (Å²) in [5.41, 5.74) is 2.96. The number of nitrogens with one attached hydrogen (secondary N) is 1. The van der Waals surface area contributed by atoms with Crippen molar-refractivity contribution in [1.82, 2.24) is 4.90 Å². The van der Waals surface area contributed by atoms with Crippen LogP contribution in [0.3, 0.4) is 0 Å². The number of carbonyl (C=O) groups excluding carboxylic acids is 1. The first-order valence-corrected chi connectivity index (χ1v) is 8.58. The zero-order valence-electron chi connectivity index (χ0n) is 15.5. The lowest BCUT2D eigenvalue weighted by molar-refractivity contribution is 0.220. The number of urea groups is 1. The lowest BCUT2D eigenvalue weighted by atomic mass is 10.2. The van der Waals surface area contributed by atoms with Gasteiger partial charge in [0.1, 0.15) is 5.75 Å². The molecule has 0 aromatic heterocycles. The number of ether oxygens (including phenoxy) is 1. The van der Waals surface area contributed by atoms with Gasteiger partial charge in [-0.15, -0.1) is 0 Å². The molecule has 1 N–H and O–H groups in total. The van der Waals surface area contributed by atoms with Crippen molar-refractivity contribution >= 4 is 17.4 Å². The lowest BCUT2D eigenvalue weighted by Crippen LogP contribution is -2.31. The molecule has 2 amide bonds. The summed E-state index contributed by atoms with van der Waals surface area (Å²) >= 11 is 0. The summed E-state index contributed by atoms with van der Waals surface area (Å²) in [5, 5.41) is 2.88. The molecular weight excluding hydrogens is 314 g/mol. The van der Waals surface area contributed by atoms with E-state index in [4.69, 9.17) is 4.74 Å². The molecule has 0 fully saturated rings. The standard InChI is InChI=1S/C20H27N3O2/c1-5-23(6-2)17-13-11-16(12-14-17)15-22(3)20(24)21-18-9-7-8-10-19(18)25-4/h7-14H,5-6,15H2,1-4H3,(H,21,24). The first-order valence-electron chi connectivity index (χ1n) is 8.58. The number of rotatable bonds is 7. The third-order valence-electron chi connectivity index (χ3n) is 4.18. The minimum atomic E-state index is -0.169. The highest BCUT2D eigenvalue weighted by Gasteiger charge is 2.12.